The number of halogens is 1. The summed E-state index contributed by atoms with van der Waals surface area (Å²) in [5.41, 5.74) is 2.72. The minimum atomic E-state index is 0.444. The standard InChI is InChI=1S/C16H22BrNO/c1-2-18-15(8-11-4-3-5-11)14-10-13(17)9-12-6-7-19-16(12)14/h9-11,15,18H,2-8H2,1H3. The fourth-order valence-corrected chi connectivity index (χ4v) is 3.71. The van der Waals surface area contributed by atoms with Gasteiger partial charge in [0.1, 0.15) is 5.75 Å². The van der Waals surface area contributed by atoms with Crippen LogP contribution in [0.2, 0.25) is 0 Å². The second-order valence-electron chi connectivity index (χ2n) is 5.72. The molecule has 2 aliphatic rings. The zero-order valence-electron chi connectivity index (χ0n) is 11.5. The highest BCUT2D eigenvalue weighted by Gasteiger charge is 2.27. The molecule has 2 nitrogen and oxygen atoms in total. The molecule has 1 fully saturated rings. The van der Waals surface area contributed by atoms with E-state index in [1.54, 1.807) is 0 Å². The van der Waals surface area contributed by atoms with Crippen molar-refractivity contribution in [3.05, 3.63) is 27.7 Å². The molecule has 3 rings (SSSR count). The molecule has 104 valence electrons. The molecule has 0 bridgehead atoms. The van der Waals surface area contributed by atoms with Crippen molar-refractivity contribution < 1.29 is 4.74 Å². The van der Waals surface area contributed by atoms with E-state index in [4.69, 9.17) is 4.74 Å². The third-order valence-electron chi connectivity index (χ3n) is 4.40. The Morgan fingerprint density at radius 1 is 1.42 bits per heavy atom. The van der Waals surface area contributed by atoms with Gasteiger partial charge in [0.25, 0.3) is 0 Å². The van der Waals surface area contributed by atoms with Crippen LogP contribution >= 0.6 is 15.9 Å². The first-order chi connectivity index (χ1) is 9.28. The maximum atomic E-state index is 5.88. The van der Waals surface area contributed by atoms with Crippen LogP contribution in [0.25, 0.3) is 0 Å². The molecule has 1 aliphatic carbocycles. The fraction of sp³-hybridized carbons (Fsp3) is 0.625. The van der Waals surface area contributed by atoms with Crippen molar-refractivity contribution in [1.29, 1.82) is 0 Å². The van der Waals surface area contributed by atoms with Crippen molar-refractivity contribution in [2.45, 2.75) is 45.1 Å². The Hall–Kier alpha value is -0.540. The lowest BCUT2D eigenvalue weighted by atomic mass is 9.79. The molecule has 19 heavy (non-hydrogen) atoms. The van der Waals surface area contributed by atoms with E-state index < -0.39 is 0 Å². The van der Waals surface area contributed by atoms with E-state index in [1.807, 2.05) is 0 Å². The number of ether oxygens (including phenoxy) is 1. The first-order valence-corrected chi connectivity index (χ1v) is 8.25. The second kappa shape index (κ2) is 5.84. The van der Waals surface area contributed by atoms with E-state index in [0.29, 0.717) is 6.04 Å². The van der Waals surface area contributed by atoms with Crippen LogP contribution in [0.3, 0.4) is 0 Å². The van der Waals surface area contributed by atoms with Crippen LogP contribution < -0.4 is 10.1 Å². The smallest absolute Gasteiger partial charge is 0.127 e. The second-order valence-corrected chi connectivity index (χ2v) is 6.64. The van der Waals surface area contributed by atoms with Crippen molar-refractivity contribution in [2.75, 3.05) is 13.2 Å². The summed E-state index contributed by atoms with van der Waals surface area (Å²) in [6.45, 7) is 4.03. The van der Waals surface area contributed by atoms with Crippen LogP contribution in [0, 0.1) is 5.92 Å². The molecule has 1 aromatic rings. The van der Waals surface area contributed by atoms with Gasteiger partial charge in [-0.1, -0.05) is 42.1 Å². The lowest BCUT2D eigenvalue weighted by Crippen LogP contribution is -2.26. The van der Waals surface area contributed by atoms with Crippen molar-refractivity contribution in [2.24, 2.45) is 5.92 Å². The minimum Gasteiger partial charge on any atom is -0.493 e. The van der Waals surface area contributed by atoms with E-state index in [9.17, 15) is 0 Å². The van der Waals surface area contributed by atoms with Gasteiger partial charge in [0, 0.05) is 22.5 Å². The van der Waals surface area contributed by atoms with Crippen LogP contribution in [0.4, 0.5) is 0 Å². The lowest BCUT2D eigenvalue weighted by Gasteiger charge is -2.31. The van der Waals surface area contributed by atoms with Gasteiger partial charge in [0.05, 0.1) is 6.61 Å². The monoisotopic (exact) mass is 323 g/mol. The van der Waals surface area contributed by atoms with Gasteiger partial charge in [0.15, 0.2) is 0 Å². The first kappa shape index (κ1) is 13.4. The highest BCUT2D eigenvalue weighted by atomic mass is 79.9. The number of hydrogen-bond acceptors (Lipinski definition) is 2. The van der Waals surface area contributed by atoms with E-state index in [2.05, 4.69) is 40.3 Å². The first-order valence-electron chi connectivity index (χ1n) is 7.46. The molecule has 0 spiro atoms. The molecule has 1 aromatic carbocycles. The van der Waals surface area contributed by atoms with Crippen LogP contribution in [-0.4, -0.2) is 13.2 Å². The van der Waals surface area contributed by atoms with Gasteiger partial charge in [-0.2, -0.15) is 0 Å². The fourth-order valence-electron chi connectivity index (χ4n) is 3.19. The maximum absolute atomic E-state index is 5.88. The van der Waals surface area contributed by atoms with Gasteiger partial charge < -0.3 is 10.1 Å². The van der Waals surface area contributed by atoms with Crippen LogP contribution in [-0.2, 0) is 6.42 Å². The Balaban J connectivity index is 1.88. The topological polar surface area (TPSA) is 21.3 Å². The summed E-state index contributed by atoms with van der Waals surface area (Å²) in [6, 6.07) is 4.90. The van der Waals surface area contributed by atoms with Crippen LogP contribution in [0.15, 0.2) is 16.6 Å². The molecule has 0 saturated heterocycles. The Morgan fingerprint density at radius 3 is 2.95 bits per heavy atom. The third kappa shape index (κ3) is 2.82. The van der Waals surface area contributed by atoms with Crippen LogP contribution in [0.5, 0.6) is 5.75 Å². The summed E-state index contributed by atoms with van der Waals surface area (Å²) in [5, 5.41) is 3.65. The Bertz CT molecular complexity index is 456. The van der Waals surface area contributed by atoms with E-state index in [1.165, 1.54) is 41.3 Å². The molecule has 3 heteroatoms. The van der Waals surface area contributed by atoms with Crippen molar-refractivity contribution in [3.8, 4) is 5.75 Å². The van der Waals surface area contributed by atoms with Gasteiger partial charge in [-0.05, 0) is 36.6 Å². The van der Waals surface area contributed by atoms with Gasteiger partial charge in [0.2, 0.25) is 0 Å². The number of fused-ring (bicyclic) bond motifs is 1. The molecule has 0 aromatic heterocycles. The van der Waals surface area contributed by atoms with Crippen molar-refractivity contribution in [1.82, 2.24) is 5.32 Å². The summed E-state index contributed by atoms with van der Waals surface area (Å²) in [5.74, 6) is 2.05. The van der Waals surface area contributed by atoms with Gasteiger partial charge >= 0.3 is 0 Å². The highest BCUT2D eigenvalue weighted by Crippen LogP contribution is 2.41. The summed E-state index contributed by atoms with van der Waals surface area (Å²) >= 11 is 3.65. The molecule has 1 N–H and O–H groups in total. The Labute approximate surface area is 124 Å². The summed E-state index contributed by atoms with van der Waals surface area (Å²) < 4.78 is 7.07. The van der Waals surface area contributed by atoms with Gasteiger partial charge in [-0.15, -0.1) is 0 Å². The van der Waals surface area contributed by atoms with E-state index in [-0.39, 0.29) is 0 Å². The average molecular weight is 324 g/mol. The molecule has 0 radical (unpaired) electrons. The number of hydrogen-bond donors (Lipinski definition) is 1. The third-order valence-corrected chi connectivity index (χ3v) is 4.85. The maximum Gasteiger partial charge on any atom is 0.127 e. The molecular weight excluding hydrogens is 302 g/mol. The van der Waals surface area contributed by atoms with E-state index >= 15 is 0 Å². The quantitative estimate of drug-likeness (QED) is 0.875. The summed E-state index contributed by atoms with van der Waals surface area (Å²) in [6.07, 6.45) is 6.51. The van der Waals surface area contributed by atoms with Gasteiger partial charge in [-0.3, -0.25) is 0 Å². The molecule has 1 unspecified atom stereocenters. The number of rotatable bonds is 5. The normalized spacial score (nSPS) is 19.7. The SMILES string of the molecule is CCNC(CC1CCC1)c1cc(Br)cc2c1OCC2. The molecule has 1 atom stereocenters. The molecule has 1 aliphatic heterocycles. The van der Waals surface area contributed by atoms with E-state index in [0.717, 1.165) is 31.2 Å². The number of nitrogens with one attached hydrogen (secondary N) is 1. The molecule has 1 saturated carbocycles. The molecule has 1 heterocycles. The lowest BCUT2D eigenvalue weighted by molar-refractivity contribution is 0.258. The Kier molecular flexibility index (Phi) is 4.13. The summed E-state index contributed by atoms with van der Waals surface area (Å²) in [7, 11) is 0. The van der Waals surface area contributed by atoms with Crippen molar-refractivity contribution in [3.63, 3.8) is 0 Å². The predicted octanol–water partition coefficient (Wildman–Crippen LogP) is 4.22. The Morgan fingerprint density at radius 2 is 2.26 bits per heavy atom. The zero-order valence-corrected chi connectivity index (χ0v) is 13.1. The molecule has 0 amide bonds. The average Bonchev–Trinajstić information content (AvgIpc) is 2.79. The minimum absolute atomic E-state index is 0.444. The molecular formula is C16H22BrNO. The van der Waals surface area contributed by atoms with Gasteiger partial charge in [-0.25, -0.2) is 0 Å². The predicted molar refractivity (Wildman–Crippen MR) is 81.7 cm³/mol. The number of benzene rings is 1. The summed E-state index contributed by atoms with van der Waals surface area (Å²) in [4.78, 5) is 0. The largest absolute Gasteiger partial charge is 0.493 e. The zero-order chi connectivity index (χ0) is 13.2. The van der Waals surface area contributed by atoms with Crippen LogP contribution in [0.1, 0.15) is 49.8 Å². The highest BCUT2D eigenvalue weighted by molar-refractivity contribution is 9.10. The van der Waals surface area contributed by atoms with Crippen molar-refractivity contribution >= 4 is 15.9 Å².